The molecule has 1 fully saturated rings. The van der Waals surface area contributed by atoms with Crippen molar-refractivity contribution in [1.82, 2.24) is 4.90 Å². The molecule has 2 aromatic carbocycles. The second-order valence-electron chi connectivity index (χ2n) is 6.89. The first-order chi connectivity index (χ1) is 12.0. The molecule has 1 heterocycles. The largest absolute Gasteiger partial charge is 0.508 e. The van der Waals surface area contributed by atoms with Gasteiger partial charge in [0, 0.05) is 18.7 Å². The van der Waals surface area contributed by atoms with Gasteiger partial charge in [0.1, 0.15) is 11.6 Å². The minimum Gasteiger partial charge on any atom is -0.508 e. The Kier molecular flexibility index (Phi) is 5.37. The van der Waals surface area contributed by atoms with E-state index in [1.54, 1.807) is 24.3 Å². The van der Waals surface area contributed by atoms with Crippen molar-refractivity contribution in [1.29, 1.82) is 0 Å². The fourth-order valence-electron chi connectivity index (χ4n) is 3.47. The van der Waals surface area contributed by atoms with Gasteiger partial charge in [0.05, 0.1) is 0 Å². The molecular weight excluding hydrogens is 317 g/mol. The molecule has 1 aliphatic rings. The maximum Gasteiger partial charge on any atom is 0.253 e. The fourth-order valence-corrected chi connectivity index (χ4v) is 3.47. The van der Waals surface area contributed by atoms with Gasteiger partial charge in [-0.2, -0.15) is 0 Å². The van der Waals surface area contributed by atoms with Gasteiger partial charge in [-0.05, 0) is 67.9 Å². The van der Waals surface area contributed by atoms with Crippen LogP contribution in [-0.4, -0.2) is 29.0 Å². The van der Waals surface area contributed by atoms with Crippen molar-refractivity contribution in [3.05, 3.63) is 65.0 Å². The highest BCUT2D eigenvalue weighted by molar-refractivity contribution is 5.94. The first kappa shape index (κ1) is 17.5. The number of nitrogens with zero attached hydrogens (tertiary/aromatic N) is 1. The molecule has 3 rings (SSSR count). The summed E-state index contributed by atoms with van der Waals surface area (Å²) in [7, 11) is 0. The van der Waals surface area contributed by atoms with Crippen LogP contribution in [0.4, 0.5) is 4.39 Å². The van der Waals surface area contributed by atoms with Gasteiger partial charge in [0.25, 0.3) is 5.91 Å². The first-order valence-corrected chi connectivity index (χ1v) is 8.87. The predicted octanol–water partition coefficient (Wildman–Crippen LogP) is 4.32. The number of piperidine rings is 1. The highest BCUT2D eigenvalue weighted by Crippen LogP contribution is 2.25. The van der Waals surface area contributed by atoms with E-state index in [1.165, 1.54) is 6.07 Å². The lowest BCUT2D eigenvalue weighted by atomic mass is 9.91. The minimum absolute atomic E-state index is 0.0362. The van der Waals surface area contributed by atoms with Gasteiger partial charge in [-0.3, -0.25) is 4.79 Å². The Hall–Kier alpha value is -2.36. The van der Waals surface area contributed by atoms with Crippen molar-refractivity contribution in [2.75, 3.05) is 13.1 Å². The summed E-state index contributed by atoms with van der Waals surface area (Å²) in [6.07, 6.45) is 3.61. The van der Waals surface area contributed by atoms with Crippen molar-refractivity contribution in [2.24, 2.45) is 5.92 Å². The van der Waals surface area contributed by atoms with Crippen LogP contribution in [0, 0.1) is 18.7 Å². The van der Waals surface area contributed by atoms with E-state index in [0.29, 0.717) is 24.4 Å². The molecule has 132 valence electrons. The van der Waals surface area contributed by atoms with Crippen LogP contribution in [0.1, 0.15) is 40.7 Å². The average molecular weight is 341 g/mol. The van der Waals surface area contributed by atoms with Crippen LogP contribution in [0.2, 0.25) is 0 Å². The van der Waals surface area contributed by atoms with Crippen LogP contribution >= 0.6 is 0 Å². The number of halogens is 1. The topological polar surface area (TPSA) is 40.5 Å². The molecule has 0 unspecified atom stereocenters. The van der Waals surface area contributed by atoms with Crippen molar-refractivity contribution in [3.63, 3.8) is 0 Å². The summed E-state index contributed by atoms with van der Waals surface area (Å²) in [5.74, 6) is 0.350. The number of carbonyl (C=O) groups excluding carboxylic acids is 1. The van der Waals surface area contributed by atoms with Gasteiger partial charge in [0.15, 0.2) is 0 Å². The number of phenolic OH excluding ortho intramolecular Hbond substituents is 1. The zero-order valence-corrected chi connectivity index (χ0v) is 14.5. The lowest BCUT2D eigenvalue weighted by molar-refractivity contribution is 0.0668. The number of hydrogen-bond acceptors (Lipinski definition) is 2. The molecule has 1 atom stereocenters. The van der Waals surface area contributed by atoms with Crippen LogP contribution < -0.4 is 0 Å². The number of rotatable bonds is 4. The predicted molar refractivity (Wildman–Crippen MR) is 96.2 cm³/mol. The second-order valence-corrected chi connectivity index (χ2v) is 6.89. The maximum atomic E-state index is 13.8. The van der Waals surface area contributed by atoms with Gasteiger partial charge < -0.3 is 10.0 Å². The summed E-state index contributed by atoms with van der Waals surface area (Å²) in [6, 6.07) is 12.0. The second kappa shape index (κ2) is 7.68. The number of benzene rings is 2. The summed E-state index contributed by atoms with van der Waals surface area (Å²) in [4.78, 5) is 14.6. The van der Waals surface area contributed by atoms with Crippen molar-refractivity contribution >= 4 is 5.91 Å². The molecule has 0 aromatic heterocycles. The number of phenols is 1. The highest BCUT2D eigenvalue weighted by Gasteiger charge is 2.24. The van der Waals surface area contributed by atoms with Crippen LogP contribution in [0.3, 0.4) is 0 Å². The van der Waals surface area contributed by atoms with Crippen molar-refractivity contribution in [2.45, 2.75) is 32.6 Å². The molecule has 1 N–H and O–H groups in total. The SMILES string of the molecule is Cc1ccc(C(=O)N2CCC[C@@H](CCc3ccccc3F)C2)cc1O. The third kappa shape index (κ3) is 4.19. The summed E-state index contributed by atoms with van der Waals surface area (Å²) in [5.41, 5.74) is 2.03. The number of hydrogen-bond donors (Lipinski definition) is 1. The molecule has 1 saturated heterocycles. The monoisotopic (exact) mass is 341 g/mol. The van der Waals surface area contributed by atoms with Crippen LogP contribution in [0.25, 0.3) is 0 Å². The van der Waals surface area contributed by atoms with Crippen LogP contribution in [-0.2, 0) is 6.42 Å². The molecular formula is C21H24FNO2. The van der Waals surface area contributed by atoms with Gasteiger partial charge in [-0.25, -0.2) is 4.39 Å². The Morgan fingerprint density at radius 3 is 2.84 bits per heavy atom. The highest BCUT2D eigenvalue weighted by atomic mass is 19.1. The Balaban J connectivity index is 1.61. The number of amides is 1. The van der Waals surface area contributed by atoms with E-state index in [0.717, 1.165) is 36.9 Å². The molecule has 0 aliphatic carbocycles. The summed E-state index contributed by atoms with van der Waals surface area (Å²) in [5, 5.41) is 9.83. The Labute approximate surface area is 148 Å². The van der Waals surface area contributed by atoms with E-state index >= 15 is 0 Å². The Bertz CT molecular complexity index is 759. The molecule has 4 heteroatoms. The first-order valence-electron chi connectivity index (χ1n) is 8.87. The summed E-state index contributed by atoms with van der Waals surface area (Å²) < 4.78 is 13.8. The normalized spacial score (nSPS) is 17.5. The molecule has 0 spiro atoms. The maximum absolute atomic E-state index is 13.8. The molecule has 0 saturated carbocycles. The number of aromatic hydroxyl groups is 1. The van der Waals surface area contributed by atoms with E-state index in [4.69, 9.17) is 0 Å². The molecule has 2 aromatic rings. The standard InChI is InChI=1S/C21H24FNO2/c1-15-8-10-18(13-20(15)24)21(25)23-12-4-5-16(14-23)9-11-17-6-2-3-7-19(17)22/h2-3,6-8,10,13,16,24H,4-5,9,11-12,14H2,1H3/t16-/m0/s1. The smallest absolute Gasteiger partial charge is 0.253 e. The van der Waals surface area contributed by atoms with Gasteiger partial charge in [0.2, 0.25) is 0 Å². The van der Waals surface area contributed by atoms with Crippen molar-refractivity contribution < 1.29 is 14.3 Å². The number of likely N-dealkylation sites (tertiary alicyclic amines) is 1. The van der Waals surface area contributed by atoms with E-state index < -0.39 is 0 Å². The van der Waals surface area contributed by atoms with E-state index in [1.807, 2.05) is 24.0 Å². The van der Waals surface area contributed by atoms with Gasteiger partial charge in [-0.15, -0.1) is 0 Å². The molecule has 1 aliphatic heterocycles. The summed E-state index contributed by atoms with van der Waals surface area (Å²) >= 11 is 0. The van der Waals surface area contributed by atoms with E-state index in [2.05, 4.69) is 0 Å². The minimum atomic E-state index is -0.152. The molecule has 25 heavy (non-hydrogen) atoms. The van der Waals surface area contributed by atoms with Crippen LogP contribution in [0.15, 0.2) is 42.5 Å². The van der Waals surface area contributed by atoms with Crippen LogP contribution in [0.5, 0.6) is 5.75 Å². The fraction of sp³-hybridized carbons (Fsp3) is 0.381. The van der Waals surface area contributed by atoms with Gasteiger partial charge >= 0.3 is 0 Å². The zero-order valence-electron chi connectivity index (χ0n) is 14.5. The molecule has 0 bridgehead atoms. The quantitative estimate of drug-likeness (QED) is 0.899. The molecule has 0 radical (unpaired) electrons. The van der Waals surface area contributed by atoms with E-state index in [-0.39, 0.29) is 17.5 Å². The van der Waals surface area contributed by atoms with Crippen molar-refractivity contribution in [3.8, 4) is 5.75 Å². The number of aryl methyl sites for hydroxylation is 2. The molecule has 1 amide bonds. The Morgan fingerprint density at radius 1 is 1.28 bits per heavy atom. The lowest BCUT2D eigenvalue weighted by Gasteiger charge is -2.33. The Morgan fingerprint density at radius 2 is 2.08 bits per heavy atom. The lowest BCUT2D eigenvalue weighted by Crippen LogP contribution is -2.40. The third-order valence-electron chi connectivity index (χ3n) is 5.04. The third-order valence-corrected chi connectivity index (χ3v) is 5.04. The van der Waals surface area contributed by atoms with E-state index in [9.17, 15) is 14.3 Å². The molecule has 3 nitrogen and oxygen atoms in total. The summed E-state index contributed by atoms with van der Waals surface area (Å²) in [6.45, 7) is 3.24. The average Bonchev–Trinajstić information content (AvgIpc) is 2.63. The zero-order chi connectivity index (χ0) is 17.8. The number of carbonyl (C=O) groups is 1. The van der Waals surface area contributed by atoms with Gasteiger partial charge in [-0.1, -0.05) is 24.3 Å².